The topological polar surface area (TPSA) is 47.2 Å². The van der Waals surface area contributed by atoms with Crippen molar-refractivity contribution in [1.29, 1.82) is 0 Å². The zero-order valence-corrected chi connectivity index (χ0v) is 11.4. The van der Waals surface area contributed by atoms with Crippen molar-refractivity contribution in [1.82, 2.24) is 9.88 Å². The summed E-state index contributed by atoms with van der Waals surface area (Å²) in [5, 5.41) is 3.22. The molecular weight excluding hydrogens is 228 g/mol. The van der Waals surface area contributed by atoms with Crippen LogP contribution in [0.15, 0.2) is 27.4 Å². The van der Waals surface area contributed by atoms with Gasteiger partial charge in [0.1, 0.15) is 0 Å². The number of oxazole rings is 1. The van der Waals surface area contributed by atoms with E-state index in [9.17, 15) is 4.79 Å². The first-order valence-electron chi connectivity index (χ1n) is 6.28. The maximum Gasteiger partial charge on any atom is 0.419 e. The van der Waals surface area contributed by atoms with Gasteiger partial charge in [0, 0.05) is 13.6 Å². The second-order valence-corrected chi connectivity index (χ2v) is 5.06. The number of aromatic nitrogens is 1. The van der Waals surface area contributed by atoms with Crippen LogP contribution >= 0.6 is 0 Å². The Kier molecular flexibility index (Phi) is 3.57. The number of likely N-dealkylation sites (N-methyl/N-ethyl adjacent to an activating group) is 1. The molecule has 0 aliphatic heterocycles. The molecule has 1 aromatic heterocycles. The molecule has 2 rings (SSSR count). The van der Waals surface area contributed by atoms with Crippen LogP contribution in [0.25, 0.3) is 11.1 Å². The summed E-state index contributed by atoms with van der Waals surface area (Å²) in [6, 6.07) is 5.99. The smallest absolute Gasteiger partial charge is 0.408 e. The van der Waals surface area contributed by atoms with Gasteiger partial charge in [0.15, 0.2) is 5.58 Å². The van der Waals surface area contributed by atoms with Gasteiger partial charge in [0.2, 0.25) is 0 Å². The van der Waals surface area contributed by atoms with E-state index in [4.69, 9.17) is 4.42 Å². The van der Waals surface area contributed by atoms with Crippen molar-refractivity contribution < 1.29 is 4.42 Å². The molecule has 0 radical (unpaired) electrons. The Morgan fingerprint density at radius 3 is 2.72 bits per heavy atom. The number of rotatable bonds is 4. The molecule has 1 heterocycles. The van der Waals surface area contributed by atoms with Crippen molar-refractivity contribution in [2.24, 2.45) is 13.0 Å². The Bertz CT molecular complexity index is 595. The molecule has 0 fully saturated rings. The second-order valence-electron chi connectivity index (χ2n) is 5.06. The van der Waals surface area contributed by atoms with E-state index < -0.39 is 0 Å². The molecule has 98 valence electrons. The molecule has 4 heteroatoms. The molecule has 1 N–H and O–H groups in total. The second kappa shape index (κ2) is 4.98. The van der Waals surface area contributed by atoms with Gasteiger partial charge in [-0.25, -0.2) is 4.79 Å². The molecule has 1 unspecified atom stereocenters. The van der Waals surface area contributed by atoms with Crippen LogP contribution in [0.5, 0.6) is 0 Å². The highest BCUT2D eigenvalue weighted by Gasteiger charge is 2.16. The highest BCUT2D eigenvalue weighted by Crippen LogP contribution is 2.26. The highest BCUT2D eigenvalue weighted by molar-refractivity contribution is 5.73. The molecule has 0 saturated carbocycles. The Hall–Kier alpha value is -1.55. The number of benzene rings is 1. The van der Waals surface area contributed by atoms with Gasteiger partial charge < -0.3 is 9.73 Å². The normalized spacial score (nSPS) is 13.4. The summed E-state index contributed by atoms with van der Waals surface area (Å²) < 4.78 is 6.70. The minimum Gasteiger partial charge on any atom is -0.408 e. The quantitative estimate of drug-likeness (QED) is 0.901. The fraction of sp³-hybridized carbons (Fsp3) is 0.500. The largest absolute Gasteiger partial charge is 0.419 e. The van der Waals surface area contributed by atoms with E-state index in [0.717, 1.165) is 12.1 Å². The lowest BCUT2D eigenvalue weighted by Crippen LogP contribution is -2.21. The van der Waals surface area contributed by atoms with Gasteiger partial charge in [-0.2, -0.15) is 0 Å². The lowest BCUT2D eigenvalue weighted by molar-refractivity contribution is 0.478. The number of hydrogen-bond acceptors (Lipinski definition) is 3. The third-order valence-electron chi connectivity index (χ3n) is 3.47. The minimum absolute atomic E-state index is 0.308. The molecule has 2 aromatic rings. The first-order chi connectivity index (χ1) is 8.54. The summed E-state index contributed by atoms with van der Waals surface area (Å²) >= 11 is 0. The zero-order valence-electron chi connectivity index (χ0n) is 11.4. The Labute approximate surface area is 107 Å². The van der Waals surface area contributed by atoms with E-state index in [2.05, 4.69) is 25.2 Å². The SMILES string of the molecule is CNCC(c1ccc2oc(=O)n(C)c2c1)C(C)C. The third kappa shape index (κ3) is 2.20. The van der Waals surface area contributed by atoms with Gasteiger partial charge in [-0.15, -0.1) is 0 Å². The standard InChI is InChI=1S/C14H20N2O2/c1-9(2)11(8-15-3)10-5-6-13-12(7-10)16(4)14(17)18-13/h5-7,9,11,15H,8H2,1-4H3. The van der Waals surface area contributed by atoms with Crippen LogP contribution in [0.1, 0.15) is 25.3 Å². The molecule has 18 heavy (non-hydrogen) atoms. The van der Waals surface area contributed by atoms with E-state index >= 15 is 0 Å². The summed E-state index contributed by atoms with van der Waals surface area (Å²) in [4.78, 5) is 11.5. The van der Waals surface area contributed by atoms with E-state index in [1.165, 1.54) is 5.56 Å². The minimum atomic E-state index is -0.308. The Balaban J connectivity index is 2.51. The van der Waals surface area contributed by atoms with E-state index in [-0.39, 0.29) is 5.76 Å². The first-order valence-corrected chi connectivity index (χ1v) is 6.28. The number of fused-ring (bicyclic) bond motifs is 1. The lowest BCUT2D eigenvalue weighted by atomic mass is 9.88. The van der Waals surface area contributed by atoms with Gasteiger partial charge in [-0.3, -0.25) is 4.57 Å². The molecule has 4 nitrogen and oxygen atoms in total. The highest BCUT2D eigenvalue weighted by atomic mass is 16.4. The molecule has 0 aliphatic carbocycles. The molecule has 0 saturated heterocycles. The summed E-state index contributed by atoms with van der Waals surface area (Å²) in [6.45, 7) is 5.34. The fourth-order valence-electron chi connectivity index (χ4n) is 2.33. The maximum absolute atomic E-state index is 11.5. The third-order valence-corrected chi connectivity index (χ3v) is 3.47. The van der Waals surface area contributed by atoms with Crippen molar-refractivity contribution in [3.8, 4) is 0 Å². The van der Waals surface area contributed by atoms with Crippen LogP contribution in [-0.4, -0.2) is 18.2 Å². The molecule has 0 amide bonds. The Morgan fingerprint density at radius 2 is 2.11 bits per heavy atom. The van der Waals surface area contributed by atoms with Gasteiger partial charge in [0.25, 0.3) is 0 Å². The Morgan fingerprint density at radius 1 is 1.39 bits per heavy atom. The number of aryl methyl sites for hydroxylation is 1. The number of nitrogens with zero attached hydrogens (tertiary/aromatic N) is 1. The van der Waals surface area contributed by atoms with Crippen molar-refractivity contribution in [3.05, 3.63) is 34.3 Å². The maximum atomic E-state index is 11.5. The molecule has 0 aliphatic rings. The zero-order chi connectivity index (χ0) is 13.3. The summed E-state index contributed by atoms with van der Waals surface area (Å²) in [7, 11) is 3.70. The lowest BCUT2D eigenvalue weighted by Gasteiger charge is -2.21. The fourth-order valence-corrected chi connectivity index (χ4v) is 2.33. The van der Waals surface area contributed by atoms with Crippen molar-refractivity contribution in [2.45, 2.75) is 19.8 Å². The van der Waals surface area contributed by atoms with Crippen LogP contribution in [0, 0.1) is 5.92 Å². The summed E-state index contributed by atoms with van der Waals surface area (Å²) in [6.07, 6.45) is 0. The van der Waals surface area contributed by atoms with Crippen molar-refractivity contribution in [2.75, 3.05) is 13.6 Å². The van der Waals surface area contributed by atoms with Crippen LogP contribution in [-0.2, 0) is 7.05 Å². The molecule has 0 spiro atoms. The monoisotopic (exact) mass is 248 g/mol. The summed E-state index contributed by atoms with van der Waals surface area (Å²) in [5.74, 6) is 0.667. The molecular formula is C14H20N2O2. The predicted molar refractivity (Wildman–Crippen MR) is 73.0 cm³/mol. The van der Waals surface area contributed by atoms with Crippen LogP contribution in [0.2, 0.25) is 0 Å². The van der Waals surface area contributed by atoms with E-state index in [1.54, 1.807) is 11.6 Å². The van der Waals surface area contributed by atoms with E-state index in [0.29, 0.717) is 17.4 Å². The molecule has 1 aromatic carbocycles. The average Bonchev–Trinajstić information content (AvgIpc) is 2.62. The van der Waals surface area contributed by atoms with Gasteiger partial charge >= 0.3 is 5.76 Å². The first kappa shape index (κ1) is 12.9. The van der Waals surface area contributed by atoms with Crippen molar-refractivity contribution in [3.63, 3.8) is 0 Å². The molecule has 0 bridgehead atoms. The van der Waals surface area contributed by atoms with Gasteiger partial charge in [0.05, 0.1) is 5.52 Å². The number of hydrogen-bond donors (Lipinski definition) is 1. The summed E-state index contributed by atoms with van der Waals surface area (Å²) in [5.41, 5.74) is 2.75. The number of nitrogens with one attached hydrogen (secondary N) is 1. The molecule has 1 atom stereocenters. The van der Waals surface area contributed by atoms with Gasteiger partial charge in [-0.1, -0.05) is 19.9 Å². The van der Waals surface area contributed by atoms with Gasteiger partial charge in [-0.05, 0) is 36.6 Å². The average molecular weight is 248 g/mol. The van der Waals surface area contributed by atoms with E-state index in [1.807, 2.05) is 19.2 Å². The van der Waals surface area contributed by atoms with Crippen molar-refractivity contribution >= 4 is 11.1 Å². The van der Waals surface area contributed by atoms with Crippen LogP contribution < -0.4 is 11.1 Å². The van der Waals surface area contributed by atoms with Crippen LogP contribution in [0.3, 0.4) is 0 Å². The predicted octanol–water partition coefficient (Wildman–Crippen LogP) is 2.09. The van der Waals surface area contributed by atoms with Crippen LogP contribution in [0.4, 0.5) is 0 Å².